The van der Waals surface area contributed by atoms with E-state index in [1.165, 1.54) is 0 Å². The molecule has 0 saturated carbocycles. The number of benzene rings is 1. The van der Waals surface area contributed by atoms with Gasteiger partial charge >= 0.3 is 0 Å². The second-order valence-corrected chi connectivity index (χ2v) is 7.80. The van der Waals surface area contributed by atoms with E-state index in [9.17, 15) is 4.79 Å². The second-order valence-electron chi connectivity index (χ2n) is 7.39. The standard InChI is InChI=1S/C22H22ClN5O/c1-13(2)28-21-16(11-25-28)9-17(12-24-21)26-22(29)19-10-18(7-8-20(19)23)27-14(3)5-6-15(27)4/h5-13H,1-4H3,(H,26,29). The van der Waals surface area contributed by atoms with Gasteiger partial charge in [-0.25, -0.2) is 9.67 Å². The minimum atomic E-state index is -0.281. The Morgan fingerprint density at radius 3 is 2.48 bits per heavy atom. The van der Waals surface area contributed by atoms with Gasteiger partial charge < -0.3 is 9.88 Å². The Kier molecular flexibility index (Phi) is 4.88. The van der Waals surface area contributed by atoms with Gasteiger partial charge in [-0.2, -0.15) is 5.10 Å². The molecule has 3 heterocycles. The third-order valence-electron chi connectivity index (χ3n) is 4.90. The molecule has 0 saturated heterocycles. The molecule has 0 radical (unpaired) electrons. The summed E-state index contributed by atoms with van der Waals surface area (Å²) in [7, 11) is 0. The SMILES string of the molecule is Cc1ccc(C)n1-c1ccc(Cl)c(C(=O)Nc2cnc3c(cnn3C(C)C)c2)c1. The molecule has 1 aromatic carbocycles. The number of halogens is 1. The van der Waals surface area contributed by atoms with Crippen LogP contribution < -0.4 is 5.32 Å². The fourth-order valence-electron chi connectivity index (χ4n) is 3.49. The normalized spacial score (nSPS) is 11.4. The van der Waals surface area contributed by atoms with Crippen molar-refractivity contribution in [2.24, 2.45) is 0 Å². The molecular weight excluding hydrogens is 386 g/mol. The number of nitrogens with one attached hydrogen (secondary N) is 1. The number of anilines is 1. The number of rotatable bonds is 4. The zero-order chi connectivity index (χ0) is 20.7. The quantitative estimate of drug-likeness (QED) is 0.497. The molecule has 0 aliphatic carbocycles. The van der Waals surface area contributed by atoms with Crippen LogP contribution in [0.25, 0.3) is 16.7 Å². The fraction of sp³-hybridized carbons (Fsp3) is 0.227. The van der Waals surface area contributed by atoms with E-state index < -0.39 is 0 Å². The molecule has 0 atom stereocenters. The Morgan fingerprint density at radius 2 is 1.79 bits per heavy atom. The molecule has 6 nitrogen and oxygen atoms in total. The number of hydrogen-bond donors (Lipinski definition) is 1. The monoisotopic (exact) mass is 407 g/mol. The average Bonchev–Trinajstić information content (AvgIpc) is 3.25. The number of nitrogens with zero attached hydrogens (tertiary/aromatic N) is 4. The first-order valence-electron chi connectivity index (χ1n) is 9.44. The highest BCUT2D eigenvalue weighted by Crippen LogP contribution is 2.25. The van der Waals surface area contributed by atoms with E-state index in [0.29, 0.717) is 16.3 Å². The van der Waals surface area contributed by atoms with Crippen molar-refractivity contribution in [1.82, 2.24) is 19.3 Å². The van der Waals surface area contributed by atoms with Gasteiger partial charge in [-0.3, -0.25) is 4.79 Å². The summed E-state index contributed by atoms with van der Waals surface area (Å²) in [6, 6.07) is 11.6. The first-order valence-corrected chi connectivity index (χ1v) is 9.82. The predicted octanol–water partition coefficient (Wildman–Crippen LogP) is 5.33. The number of carbonyl (C=O) groups excluding carboxylic acids is 1. The van der Waals surface area contributed by atoms with Crippen molar-refractivity contribution >= 4 is 34.2 Å². The van der Waals surface area contributed by atoms with Crippen LogP contribution in [0.2, 0.25) is 5.02 Å². The van der Waals surface area contributed by atoms with Crippen LogP contribution in [0.15, 0.2) is 48.8 Å². The van der Waals surface area contributed by atoms with Crippen LogP contribution in [0.4, 0.5) is 5.69 Å². The maximum absolute atomic E-state index is 12.9. The van der Waals surface area contributed by atoms with E-state index >= 15 is 0 Å². The molecule has 1 amide bonds. The lowest BCUT2D eigenvalue weighted by atomic mass is 10.1. The van der Waals surface area contributed by atoms with Crippen molar-refractivity contribution < 1.29 is 4.79 Å². The Hall–Kier alpha value is -3.12. The lowest BCUT2D eigenvalue weighted by Gasteiger charge is -2.13. The van der Waals surface area contributed by atoms with Gasteiger partial charge in [0, 0.05) is 28.5 Å². The van der Waals surface area contributed by atoms with E-state index in [1.54, 1.807) is 24.5 Å². The van der Waals surface area contributed by atoms with Gasteiger partial charge in [0.1, 0.15) is 0 Å². The van der Waals surface area contributed by atoms with Crippen molar-refractivity contribution in [1.29, 1.82) is 0 Å². The second kappa shape index (κ2) is 7.37. The first-order chi connectivity index (χ1) is 13.8. The zero-order valence-corrected chi connectivity index (χ0v) is 17.5. The van der Waals surface area contributed by atoms with E-state index in [1.807, 2.05) is 56.6 Å². The number of hydrogen-bond acceptors (Lipinski definition) is 3. The van der Waals surface area contributed by atoms with Crippen LogP contribution in [0.1, 0.15) is 41.6 Å². The summed E-state index contributed by atoms with van der Waals surface area (Å²) < 4.78 is 3.93. The Labute approximate surface area is 174 Å². The Morgan fingerprint density at radius 1 is 1.07 bits per heavy atom. The number of amides is 1. The summed E-state index contributed by atoms with van der Waals surface area (Å²) in [5.74, 6) is -0.281. The molecule has 0 aliphatic heterocycles. The largest absolute Gasteiger partial charge is 0.321 e. The van der Waals surface area contributed by atoms with Crippen molar-refractivity contribution in [2.45, 2.75) is 33.7 Å². The number of fused-ring (bicyclic) bond motifs is 1. The third-order valence-corrected chi connectivity index (χ3v) is 5.23. The van der Waals surface area contributed by atoms with Gasteiger partial charge in [-0.05, 0) is 64.1 Å². The minimum Gasteiger partial charge on any atom is -0.321 e. The van der Waals surface area contributed by atoms with Gasteiger partial charge in [-0.1, -0.05) is 11.6 Å². The van der Waals surface area contributed by atoms with E-state index in [-0.39, 0.29) is 11.9 Å². The number of pyridine rings is 1. The predicted molar refractivity (Wildman–Crippen MR) is 116 cm³/mol. The molecule has 4 aromatic rings. The number of carbonyl (C=O) groups is 1. The molecule has 0 spiro atoms. The van der Waals surface area contributed by atoms with Crippen LogP contribution >= 0.6 is 11.6 Å². The minimum absolute atomic E-state index is 0.211. The zero-order valence-electron chi connectivity index (χ0n) is 16.8. The molecule has 3 aromatic heterocycles. The van der Waals surface area contributed by atoms with Crippen LogP contribution in [0.3, 0.4) is 0 Å². The topological polar surface area (TPSA) is 64.7 Å². The summed E-state index contributed by atoms with van der Waals surface area (Å²) >= 11 is 6.33. The first kappa shape index (κ1) is 19.2. The van der Waals surface area contributed by atoms with Gasteiger partial charge in [0.2, 0.25) is 0 Å². The number of aryl methyl sites for hydroxylation is 2. The molecule has 0 fully saturated rings. The Balaban J connectivity index is 1.65. The molecule has 148 valence electrons. The number of aromatic nitrogens is 4. The molecule has 0 bridgehead atoms. The highest BCUT2D eigenvalue weighted by Gasteiger charge is 2.15. The molecule has 0 unspecified atom stereocenters. The highest BCUT2D eigenvalue weighted by molar-refractivity contribution is 6.34. The summed E-state index contributed by atoms with van der Waals surface area (Å²) in [5, 5.41) is 8.53. The summed E-state index contributed by atoms with van der Waals surface area (Å²) in [4.78, 5) is 17.4. The summed E-state index contributed by atoms with van der Waals surface area (Å²) in [5.41, 5.74) is 4.87. The lowest BCUT2D eigenvalue weighted by molar-refractivity contribution is 0.102. The highest BCUT2D eigenvalue weighted by atomic mass is 35.5. The van der Waals surface area contributed by atoms with Crippen LogP contribution in [-0.4, -0.2) is 25.2 Å². The van der Waals surface area contributed by atoms with Crippen LogP contribution in [-0.2, 0) is 0 Å². The molecule has 4 rings (SSSR count). The molecule has 29 heavy (non-hydrogen) atoms. The molecule has 1 N–H and O–H groups in total. The smallest absolute Gasteiger partial charge is 0.257 e. The summed E-state index contributed by atoms with van der Waals surface area (Å²) in [6.45, 7) is 8.15. The van der Waals surface area contributed by atoms with Gasteiger partial charge in [-0.15, -0.1) is 0 Å². The van der Waals surface area contributed by atoms with Crippen molar-refractivity contribution in [2.75, 3.05) is 5.32 Å². The van der Waals surface area contributed by atoms with Gasteiger partial charge in [0.25, 0.3) is 5.91 Å². The lowest BCUT2D eigenvalue weighted by Crippen LogP contribution is -2.13. The van der Waals surface area contributed by atoms with E-state index in [2.05, 4.69) is 20.0 Å². The van der Waals surface area contributed by atoms with Gasteiger partial charge in [0.05, 0.1) is 28.7 Å². The molecular formula is C22H22ClN5O. The summed E-state index contributed by atoms with van der Waals surface area (Å²) in [6.07, 6.45) is 3.39. The van der Waals surface area contributed by atoms with Crippen molar-refractivity contribution in [3.05, 3.63) is 70.8 Å². The average molecular weight is 408 g/mol. The van der Waals surface area contributed by atoms with Crippen LogP contribution in [0, 0.1) is 13.8 Å². The fourth-order valence-corrected chi connectivity index (χ4v) is 3.69. The van der Waals surface area contributed by atoms with E-state index in [0.717, 1.165) is 28.1 Å². The van der Waals surface area contributed by atoms with E-state index in [4.69, 9.17) is 11.6 Å². The maximum atomic E-state index is 12.9. The molecule has 0 aliphatic rings. The Bertz CT molecular complexity index is 1200. The maximum Gasteiger partial charge on any atom is 0.257 e. The van der Waals surface area contributed by atoms with Crippen LogP contribution in [0.5, 0.6) is 0 Å². The van der Waals surface area contributed by atoms with Crippen molar-refractivity contribution in [3.63, 3.8) is 0 Å². The van der Waals surface area contributed by atoms with Gasteiger partial charge in [0.15, 0.2) is 5.65 Å². The molecule has 7 heteroatoms. The third kappa shape index (κ3) is 3.51. The van der Waals surface area contributed by atoms with Crippen molar-refractivity contribution in [3.8, 4) is 5.69 Å².